The Kier molecular flexibility index (Phi) is 4.28. The molecule has 0 aliphatic carbocycles. The number of hydrogen-bond donors (Lipinski definition) is 2. The Balaban J connectivity index is 1.90. The average Bonchev–Trinajstić information content (AvgIpc) is 3.17. The number of aliphatic carboxylic acids is 1. The molecule has 0 bridgehead atoms. The first-order valence-corrected chi connectivity index (χ1v) is 8.58. The van der Waals surface area contributed by atoms with Gasteiger partial charge in [-0.3, -0.25) is 9.59 Å². The molecule has 1 atom stereocenters. The molecule has 1 aromatic carbocycles. The number of halogens is 3. The van der Waals surface area contributed by atoms with Crippen LogP contribution in [0.15, 0.2) is 24.3 Å². The van der Waals surface area contributed by atoms with Gasteiger partial charge in [0.1, 0.15) is 5.69 Å². The minimum absolute atomic E-state index is 0.0910. The standard InChI is InChI=1S/C19H21F3N2O3/c1-17(2,3)12-5-4-11-8-14(23-13(11)9-12)15(25)24-7-6-18(10-24,16(26)27)19(20,21)22/h4-5,8-9,23H,6-7,10H2,1-3H3,(H,26,27). The summed E-state index contributed by atoms with van der Waals surface area (Å²) < 4.78 is 39.9. The molecular weight excluding hydrogens is 361 g/mol. The molecule has 1 aliphatic heterocycles. The number of alkyl halides is 3. The maximum atomic E-state index is 13.3. The van der Waals surface area contributed by atoms with Gasteiger partial charge in [0.05, 0.1) is 0 Å². The van der Waals surface area contributed by atoms with Crippen molar-refractivity contribution in [1.82, 2.24) is 9.88 Å². The van der Waals surface area contributed by atoms with Gasteiger partial charge in [-0.25, -0.2) is 0 Å². The molecule has 27 heavy (non-hydrogen) atoms. The van der Waals surface area contributed by atoms with Gasteiger partial charge in [-0.2, -0.15) is 13.2 Å². The number of carboxylic acids is 1. The van der Waals surface area contributed by atoms with E-state index in [4.69, 9.17) is 5.11 Å². The highest BCUT2D eigenvalue weighted by atomic mass is 19.4. The van der Waals surface area contributed by atoms with Crippen LogP contribution in [0.5, 0.6) is 0 Å². The van der Waals surface area contributed by atoms with Gasteiger partial charge < -0.3 is 15.0 Å². The highest BCUT2D eigenvalue weighted by Gasteiger charge is 2.64. The summed E-state index contributed by atoms with van der Waals surface area (Å²) in [6.07, 6.45) is -5.57. The summed E-state index contributed by atoms with van der Waals surface area (Å²) in [5.74, 6) is -2.58. The number of fused-ring (bicyclic) bond motifs is 1. The zero-order valence-corrected chi connectivity index (χ0v) is 15.3. The van der Waals surface area contributed by atoms with Crippen LogP contribution in [0.2, 0.25) is 0 Å². The summed E-state index contributed by atoms with van der Waals surface area (Å²) in [4.78, 5) is 27.9. The predicted molar refractivity (Wildman–Crippen MR) is 93.6 cm³/mol. The molecule has 1 amide bonds. The molecular formula is C19H21F3N2O3. The maximum absolute atomic E-state index is 13.3. The predicted octanol–water partition coefficient (Wildman–Crippen LogP) is 3.94. The lowest BCUT2D eigenvalue weighted by Gasteiger charge is -2.27. The number of likely N-dealkylation sites (tertiary alicyclic amines) is 1. The molecule has 8 heteroatoms. The number of hydrogen-bond acceptors (Lipinski definition) is 2. The number of carbonyl (C=O) groups excluding carboxylic acids is 1. The van der Waals surface area contributed by atoms with Crippen molar-refractivity contribution in [2.24, 2.45) is 5.41 Å². The summed E-state index contributed by atoms with van der Waals surface area (Å²) in [6.45, 7) is 5.02. The summed E-state index contributed by atoms with van der Waals surface area (Å²) >= 11 is 0. The lowest BCUT2D eigenvalue weighted by Crippen LogP contribution is -2.47. The van der Waals surface area contributed by atoms with Crippen LogP contribution >= 0.6 is 0 Å². The molecule has 0 radical (unpaired) electrons. The minimum atomic E-state index is -4.92. The number of nitrogens with one attached hydrogen (secondary N) is 1. The number of carbonyl (C=O) groups is 2. The van der Waals surface area contributed by atoms with E-state index < -0.39 is 36.4 Å². The molecule has 1 saturated heterocycles. The molecule has 3 rings (SSSR count). The van der Waals surface area contributed by atoms with Crippen molar-refractivity contribution in [1.29, 1.82) is 0 Å². The third-order valence-corrected chi connectivity index (χ3v) is 5.23. The average molecular weight is 382 g/mol. The fourth-order valence-corrected chi connectivity index (χ4v) is 3.39. The Bertz CT molecular complexity index is 911. The summed E-state index contributed by atoms with van der Waals surface area (Å²) in [7, 11) is 0. The molecule has 2 aromatic rings. The Labute approximate surface area is 154 Å². The van der Waals surface area contributed by atoms with E-state index in [1.807, 2.05) is 18.2 Å². The number of aromatic nitrogens is 1. The highest BCUT2D eigenvalue weighted by molar-refractivity contribution is 5.98. The van der Waals surface area contributed by atoms with Crippen molar-refractivity contribution in [3.63, 3.8) is 0 Å². The van der Waals surface area contributed by atoms with Gasteiger partial charge in [0.15, 0.2) is 5.41 Å². The van der Waals surface area contributed by atoms with Crippen LogP contribution in [-0.2, 0) is 10.2 Å². The van der Waals surface area contributed by atoms with E-state index in [0.29, 0.717) is 5.52 Å². The second-order valence-electron chi connectivity index (χ2n) is 8.10. The van der Waals surface area contributed by atoms with Crippen LogP contribution in [0.4, 0.5) is 13.2 Å². The first kappa shape index (κ1) is 19.3. The Morgan fingerprint density at radius 3 is 2.37 bits per heavy atom. The number of carboxylic acid groups (broad SMARTS) is 1. The number of aromatic amines is 1. The Morgan fingerprint density at radius 1 is 1.19 bits per heavy atom. The number of benzene rings is 1. The van der Waals surface area contributed by atoms with E-state index in [9.17, 15) is 22.8 Å². The van der Waals surface area contributed by atoms with Crippen LogP contribution in [0, 0.1) is 5.41 Å². The van der Waals surface area contributed by atoms with Crippen LogP contribution in [0.1, 0.15) is 43.2 Å². The number of nitrogens with zero attached hydrogens (tertiary/aromatic N) is 1. The van der Waals surface area contributed by atoms with Gasteiger partial charge in [0.2, 0.25) is 0 Å². The van der Waals surface area contributed by atoms with Crippen LogP contribution in [0.25, 0.3) is 10.9 Å². The number of H-pyrrole nitrogens is 1. The van der Waals surface area contributed by atoms with E-state index in [-0.39, 0.29) is 17.7 Å². The molecule has 5 nitrogen and oxygen atoms in total. The fourth-order valence-electron chi connectivity index (χ4n) is 3.39. The molecule has 2 heterocycles. The molecule has 0 saturated carbocycles. The molecule has 146 valence electrons. The lowest BCUT2D eigenvalue weighted by atomic mass is 9.86. The summed E-state index contributed by atoms with van der Waals surface area (Å²) in [6, 6.07) is 7.29. The van der Waals surface area contributed by atoms with Gasteiger partial charge in [-0.15, -0.1) is 0 Å². The van der Waals surface area contributed by atoms with E-state index in [1.54, 1.807) is 6.07 Å². The largest absolute Gasteiger partial charge is 0.481 e. The molecule has 1 aromatic heterocycles. The first-order chi connectivity index (χ1) is 12.3. The van der Waals surface area contributed by atoms with Crippen molar-refractivity contribution in [2.75, 3.05) is 13.1 Å². The van der Waals surface area contributed by atoms with E-state index in [1.165, 1.54) is 0 Å². The third kappa shape index (κ3) is 3.17. The van der Waals surface area contributed by atoms with Gasteiger partial charge in [0, 0.05) is 24.0 Å². The smallest absolute Gasteiger partial charge is 0.406 e. The lowest BCUT2D eigenvalue weighted by molar-refractivity contribution is -0.227. The minimum Gasteiger partial charge on any atom is -0.481 e. The van der Waals surface area contributed by atoms with Gasteiger partial charge >= 0.3 is 12.1 Å². The monoisotopic (exact) mass is 382 g/mol. The van der Waals surface area contributed by atoms with Crippen molar-refractivity contribution in [3.05, 3.63) is 35.5 Å². The molecule has 1 fully saturated rings. The van der Waals surface area contributed by atoms with Crippen LogP contribution in [-0.4, -0.2) is 46.1 Å². The highest BCUT2D eigenvalue weighted by Crippen LogP contribution is 2.46. The van der Waals surface area contributed by atoms with Crippen molar-refractivity contribution < 1.29 is 27.9 Å². The van der Waals surface area contributed by atoms with E-state index in [2.05, 4.69) is 25.8 Å². The van der Waals surface area contributed by atoms with Gasteiger partial charge in [0.25, 0.3) is 5.91 Å². The zero-order valence-electron chi connectivity index (χ0n) is 15.3. The second-order valence-corrected chi connectivity index (χ2v) is 8.10. The summed E-state index contributed by atoms with van der Waals surface area (Å²) in [5, 5.41) is 9.89. The van der Waals surface area contributed by atoms with Gasteiger partial charge in [-0.05, 0) is 29.5 Å². The number of amides is 1. The molecule has 1 aliphatic rings. The Morgan fingerprint density at radius 2 is 1.85 bits per heavy atom. The van der Waals surface area contributed by atoms with Crippen molar-refractivity contribution >= 4 is 22.8 Å². The van der Waals surface area contributed by atoms with E-state index in [0.717, 1.165) is 15.8 Å². The molecule has 2 N–H and O–H groups in total. The van der Waals surface area contributed by atoms with Crippen LogP contribution < -0.4 is 0 Å². The first-order valence-electron chi connectivity index (χ1n) is 8.58. The fraction of sp³-hybridized carbons (Fsp3) is 0.474. The quantitative estimate of drug-likeness (QED) is 0.826. The molecule has 0 spiro atoms. The SMILES string of the molecule is CC(C)(C)c1ccc2cc(C(=O)N3CCC(C(=O)O)(C(F)(F)F)C3)[nH]c2c1. The van der Waals surface area contributed by atoms with Gasteiger partial charge in [-0.1, -0.05) is 32.9 Å². The normalized spacial score (nSPS) is 21.0. The Hall–Kier alpha value is -2.51. The van der Waals surface area contributed by atoms with E-state index >= 15 is 0 Å². The third-order valence-electron chi connectivity index (χ3n) is 5.23. The summed E-state index contributed by atoms with van der Waals surface area (Å²) in [5.41, 5.74) is -1.08. The van der Waals surface area contributed by atoms with Crippen molar-refractivity contribution in [2.45, 2.75) is 38.8 Å². The maximum Gasteiger partial charge on any atom is 0.406 e. The molecule has 1 unspecified atom stereocenters. The second kappa shape index (κ2) is 6.00. The number of rotatable bonds is 2. The topological polar surface area (TPSA) is 73.4 Å². The zero-order chi connectivity index (χ0) is 20.2. The van der Waals surface area contributed by atoms with Crippen LogP contribution in [0.3, 0.4) is 0 Å². The van der Waals surface area contributed by atoms with Crippen molar-refractivity contribution in [3.8, 4) is 0 Å².